The highest BCUT2D eigenvalue weighted by atomic mass is 16.8. The molecule has 3 rings (SSSR count). The average Bonchev–Trinajstić information content (AvgIpc) is 3.02. The van der Waals surface area contributed by atoms with Gasteiger partial charge in [0.25, 0.3) is 0 Å². The summed E-state index contributed by atoms with van der Waals surface area (Å²) in [6.07, 6.45) is 3.25. The van der Waals surface area contributed by atoms with E-state index in [0.717, 1.165) is 0 Å². The standard InChI is InChI=1S/C14H20N4O5/c1-17(2)7-15-10-3-4-18(13(20)16-10)9-5-8(6-19)11-12(9)23-14(21)22-11/h3-4,7-12,19H,5-6H2,1-2H3,(H,16,20)/b15-7-/t8-,9-,10?,11?,12-/m1/s1. The van der Waals surface area contributed by atoms with E-state index in [1.54, 1.807) is 23.5 Å². The van der Waals surface area contributed by atoms with Crippen LogP contribution < -0.4 is 5.32 Å². The Morgan fingerprint density at radius 3 is 2.83 bits per heavy atom. The first kappa shape index (κ1) is 15.6. The van der Waals surface area contributed by atoms with Gasteiger partial charge in [-0.15, -0.1) is 0 Å². The van der Waals surface area contributed by atoms with Gasteiger partial charge in [0, 0.05) is 32.8 Å². The Bertz CT molecular complexity index is 549. The van der Waals surface area contributed by atoms with Crippen molar-refractivity contribution < 1.29 is 24.2 Å². The smallest absolute Gasteiger partial charge is 0.427 e. The molecule has 126 valence electrons. The van der Waals surface area contributed by atoms with Crippen LogP contribution in [0.4, 0.5) is 9.59 Å². The number of carbonyl (C=O) groups excluding carboxylic acids is 2. The van der Waals surface area contributed by atoms with Crippen LogP contribution >= 0.6 is 0 Å². The fourth-order valence-electron chi connectivity index (χ4n) is 3.12. The highest BCUT2D eigenvalue weighted by Crippen LogP contribution is 2.38. The van der Waals surface area contributed by atoms with E-state index < -0.39 is 24.5 Å². The number of aliphatic hydroxyl groups is 1. The number of nitrogens with zero attached hydrogens (tertiary/aromatic N) is 3. The van der Waals surface area contributed by atoms with Crippen LogP contribution in [0.5, 0.6) is 0 Å². The van der Waals surface area contributed by atoms with Gasteiger partial charge in [0.05, 0.1) is 12.4 Å². The zero-order chi connectivity index (χ0) is 16.6. The highest BCUT2D eigenvalue weighted by Gasteiger charge is 2.55. The number of aliphatic hydroxyl groups excluding tert-OH is 1. The van der Waals surface area contributed by atoms with E-state index in [-0.39, 0.29) is 24.6 Å². The van der Waals surface area contributed by atoms with E-state index >= 15 is 0 Å². The lowest BCUT2D eigenvalue weighted by Gasteiger charge is -2.32. The van der Waals surface area contributed by atoms with Crippen molar-refractivity contribution in [2.75, 3.05) is 20.7 Å². The second-order valence-electron chi connectivity index (χ2n) is 6.03. The number of nitrogens with one attached hydrogen (secondary N) is 1. The molecule has 0 aromatic heterocycles. The van der Waals surface area contributed by atoms with E-state index in [4.69, 9.17) is 9.47 Å². The Morgan fingerprint density at radius 1 is 1.43 bits per heavy atom. The van der Waals surface area contributed by atoms with Gasteiger partial charge in [0.15, 0.2) is 6.10 Å². The summed E-state index contributed by atoms with van der Waals surface area (Å²) < 4.78 is 10.3. The van der Waals surface area contributed by atoms with Crippen LogP contribution in [0.25, 0.3) is 0 Å². The molecule has 2 N–H and O–H groups in total. The van der Waals surface area contributed by atoms with E-state index in [2.05, 4.69) is 10.3 Å². The fourth-order valence-corrected chi connectivity index (χ4v) is 3.12. The predicted octanol–water partition coefficient (Wildman–Crippen LogP) is -0.274. The van der Waals surface area contributed by atoms with Crippen LogP contribution in [0.3, 0.4) is 0 Å². The lowest BCUT2D eigenvalue weighted by molar-refractivity contribution is 0.0769. The molecule has 1 saturated carbocycles. The van der Waals surface area contributed by atoms with Gasteiger partial charge in [-0.05, 0) is 12.5 Å². The molecule has 2 unspecified atom stereocenters. The Hall–Kier alpha value is -2.29. The van der Waals surface area contributed by atoms with Gasteiger partial charge < -0.3 is 24.8 Å². The number of fused-ring (bicyclic) bond motifs is 1. The maximum atomic E-state index is 12.3. The van der Waals surface area contributed by atoms with Gasteiger partial charge >= 0.3 is 12.2 Å². The molecule has 9 heteroatoms. The molecule has 5 atom stereocenters. The van der Waals surface area contributed by atoms with E-state index in [1.165, 1.54) is 4.90 Å². The quantitative estimate of drug-likeness (QED) is 0.419. The SMILES string of the molecule is CN(C)/C=N\C1C=CN([C@@H]2C[C@H](CO)C3OC(=O)O[C@@H]32)C(=O)N1. The van der Waals surface area contributed by atoms with Crippen LogP contribution in [-0.2, 0) is 9.47 Å². The van der Waals surface area contributed by atoms with Gasteiger partial charge in [-0.25, -0.2) is 14.6 Å². The number of hydrogen-bond acceptors (Lipinski definition) is 6. The summed E-state index contributed by atoms with van der Waals surface area (Å²) >= 11 is 0. The van der Waals surface area contributed by atoms with Crippen molar-refractivity contribution in [1.82, 2.24) is 15.1 Å². The zero-order valence-electron chi connectivity index (χ0n) is 13.0. The molecule has 9 nitrogen and oxygen atoms in total. The Balaban J connectivity index is 1.73. The van der Waals surface area contributed by atoms with Crippen molar-refractivity contribution in [2.45, 2.75) is 30.8 Å². The number of rotatable bonds is 4. The molecular weight excluding hydrogens is 304 g/mol. The van der Waals surface area contributed by atoms with Crippen LogP contribution in [-0.4, -0.2) is 78.5 Å². The van der Waals surface area contributed by atoms with Crippen molar-refractivity contribution >= 4 is 18.5 Å². The third kappa shape index (κ3) is 2.96. The van der Waals surface area contributed by atoms with Gasteiger partial charge in [0.2, 0.25) is 0 Å². The highest BCUT2D eigenvalue weighted by molar-refractivity contribution is 5.78. The van der Waals surface area contributed by atoms with Crippen molar-refractivity contribution in [2.24, 2.45) is 10.9 Å². The first-order valence-corrected chi connectivity index (χ1v) is 7.44. The Morgan fingerprint density at radius 2 is 2.17 bits per heavy atom. The van der Waals surface area contributed by atoms with E-state index in [9.17, 15) is 14.7 Å². The number of urea groups is 1. The first-order valence-electron chi connectivity index (χ1n) is 7.44. The lowest BCUT2D eigenvalue weighted by Crippen LogP contribution is -2.52. The third-order valence-electron chi connectivity index (χ3n) is 4.16. The van der Waals surface area contributed by atoms with Crippen molar-refractivity contribution in [3.63, 3.8) is 0 Å². The molecule has 2 aliphatic heterocycles. The van der Waals surface area contributed by atoms with Gasteiger partial charge in [-0.3, -0.25) is 4.90 Å². The topological polar surface area (TPSA) is 104 Å². The molecule has 2 amide bonds. The van der Waals surface area contributed by atoms with Gasteiger partial charge in [0.1, 0.15) is 12.3 Å². The molecule has 2 heterocycles. The molecule has 0 aromatic rings. The summed E-state index contributed by atoms with van der Waals surface area (Å²) in [5, 5.41) is 12.2. The summed E-state index contributed by atoms with van der Waals surface area (Å²) in [5.74, 6) is -0.234. The largest absolute Gasteiger partial charge is 0.509 e. The molecule has 0 aromatic carbocycles. The maximum absolute atomic E-state index is 12.3. The summed E-state index contributed by atoms with van der Waals surface area (Å²) in [4.78, 5) is 31.1. The van der Waals surface area contributed by atoms with Crippen molar-refractivity contribution in [3.05, 3.63) is 12.3 Å². The van der Waals surface area contributed by atoms with Crippen LogP contribution in [0.2, 0.25) is 0 Å². The molecular formula is C14H20N4O5. The number of hydrogen-bond donors (Lipinski definition) is 2. The third-order valence-corrected chi connectivity index (χ3v) is 4.16. The fraction of sp³-hybridized carbons (Fsp3) is 0.643. The number of aliphatic imine (C=N–C) groups is 1. The molecule has 0 bridgehead atoms. The molecule has 0 radical (unpaired) electrons. The van der Waals surface area contributed by atoms with E-state index in [1.807, 2.05) is 14.1 Å². The minimum absolute atomic E-state index is 0.122. The van der Waals surface area contributed by atoms with Crippen molar-refractivity contribution in [3.8, 4) is 0 Å². The van der Waals surface area contributed by atoms with E-state index in [0.29, 0.717) is 6.42 Å². The predicted molar refractivity (Wildman–Crippen MR) is 79.6 cm³/mol. The number of carbonyl (C=O) groups is 2. The number of ether oxygens (including phenoxy) is 2. The zero-order valence-corrected chi connectivity index (χ0v) is 13.0. The lowest BCUT2D eigenvalue weighted by atomic mass is 10.1. The molecule has 1 aliphatic carbocycles. The second-order valence-corrected chi connectivity index (χ2v) is 6.03. The summed E-state index contributed by atoms with van der Waals surface area (Å²) in [7, 11) is 3.68. The minimum Gasteiger partial charge on any atom is -0.427 e. The maximum Gasteiger partial charge on any atom is 0.509 e. The summed E-state index contributed by atoms with van der Waals surface area (Å²) in [6.45, 7) is -0.122. The van der Waals surface area contributed by atoms with Gasteiger partial charge in [-0.1, -0.05) is 0 Å². The Labute approximate surface area is 133 Å². The van der Waals surface area contributed by atoms with Crippen LogP contribution in [0.1, 0.15) is 6.42 Å². The molecule has 23 heavy (non-hydrogen) atoms. The second kappa shape index (κ2) is 6.07. The van der Waals surface area contributed by atoms with Gasteiger partial charge in [-0.2, -0.15) is 0 Å². The van der Waals surface area contributed by atoms with Crippen LogP contribution in [0, 0.1) is 5.92 Å². The molecule has 3 aliphatic rings. The molecule has 0 spiro atoms. The first-order chi connectivity index (χ1) is 11.0. The molecule has 2 fully saturated rings. The minimum atomic E-state index is -0.752. The average molecular weight is 324 g/mol. The molecule has 1 saturated heterocycles. The van der Waals surface area contributed by atoms with Crippen LogP contribution in [0.15, 0.2) is 17.3 Å². The summed E-state index contributed by atoms with van der Waals surface area (Å²) in [6, 6.07) is -0.683. The number of amides is 2. The summed E-state index contributed by atoms with van der Waals surface area (Å²) in [5.41, 5.74) is 0. The van der Waals surface area contributed by atoms with Crippen molar-refractivity contribution in [1.29, 1.82) is 0 Å². The normalized spacial score (nSPS) is 36.0. The Kier molecular flexibility index (Phi) is 4.12. The monoisotopic (exact) mass is 324 g/mol.